The van der Waals surface area contributed by atoms with Crippen LogP contribution in [0.5, 0.6) is 17.2 Å². The number of methoxy groups -OCH3 is 2. The van der Waals surface area contributed by atoms with Gasteiger partial charge in [-0.3, -0.25) is 4.79 Å². The van der Waals surface area contributed by atoms with Gasteiger partial charge in [0.25, 0.3) is 5.56 Å². The Balaban J connectivity index is 1.90. The van der Waals surface area contributed by atoms with Gasteiger partial charge in [-0.05, 0) is 30.9 Å². The molecule has 0 spiro atoms. The molecule has 172 valence electrons. The molecule has 0 amide bonds. The van der Waals surface area contributed by atoms with Crippen LogP contribution in [-0.2, 0) is 4.74 Å². The summed E-state index contributed by atoms with van der Waals surface area (Å²) in [6.07, 6.45) is 2.02. The summed E-state index contributed by atoms with van der Waals surface area (Å²) in [5.41, 5.74) is 1.43. The van der Waals surface area contributed by atoms with Gasteiger partial charge in [-0.25, -0.2) is 4.79 Å². The smallest absolute Gasteiger partial charge is 0.341 e. The fourth-order valence-corrected chi connectivity index (χ4v) is 4.17. The molecule has 1 fully saturated rings. The van der Waals surface area contributed by atoms with Crippen LogP contribution in [0.4, 0.5) is 0 Å². The Morgan fingerprint density at radius 2 is 1.94 bits per heavy atom. The zero-order chi connectivity index (χ0) is 23.0. The first kappa shape index (κ1) is 22.2. The number of ether oxygens (including phenoxy) is 4. The highest BCUT2D eigenvalue weighted by atomic mass is 16.5. The molecule has 1 aromatic carbocycles. The fourth-order valence-electron chi connectivity index (χ4n) is 4.17. The number of rotatable bonds is 9. The number of pyridine rings is 1. The number of hydrogen-bond donors (Lipinski definition) is 1. The second-order valence-electron chi connectivity index (χ2n) is 8.55. The molecule has 8 nitrogen and oxygen atoms in total. The molecular weight excluding hydrogens is 414 g/mol. The van der Waals surface area contributed by atoms with Gasteiger partial charge in [-0.1, -0.05) is 13.8 Å². The van der Waals surface area contributed by atoms with Crippen LogP contribution in [-0.4, -0.2) is 43.1 Å². The van der Waals surface area contributed by atoms with Crippen molar-refractivity contribution < 1.29 is 28.8 Å². The van der Waals surface area contributed by atoms with Crippen molar-refractivity contribution in [1.82, 2.24) is 4.57 Å². The summed E-state index contributed by atoms with van der Waals surface area (Å²) in [6.45, 7) is 5.07. The van der Waals surface area contributed by atoms with Gasteiger partial charge in [0.05, 0.1) is 19.4 Å². The van der Waals surface area contributed by atoms with Crippen LogP contribution < -0.4 is 19.8 Å². The maximum absolute atomic E-state index is 13.1. The molecule has 2 aromatic rings. The number of aromatic carboxylic acids is 1. The van der Waals surface area contributed by atoms with Crippen molar-refractivity contribution in [2.45, 2.75) is 45.3 Å². The van der Waals surface area contributed by atoms with Crippen LogP contribution in [0.25, 0.3) is 11.3 Å². The molecule has 2 heterocycles. The highest BCUT2D eigenvalue weighted by molar-refractivity contribution is 5.89. The quantitative estimate of drug-likeness (QED) is 0.584. The van der Waals surface area contributed by atoms with E-state index in [0.717, 1.165) is 19.3 Å². The van der Waals surface area contributed by atoms with Gasteiger partial charge in [0.1, 0.15) is 17.4 Å². The first-order valence-electron chi connectivity index (χ1n) is 10.9. The number of carboxylic acid groups (broad SMARTS) is 1. The van der Waals surface area contributed by atoms with Crippen molar-refractivity contribution in [1.29, 1.82) is 0 Å². The Hall–Kier alpha value is -3.00. The van der Waals surface area contributed by atoms with Gasteiger partial charge < -0.3 is 28.6 Å². The number of hydrogen-bond acceptors (Lipinski definition) is 6. The van der Waals surface area contributed by atoms with E-state index in [4.69, 9.17) is 18.9 Å². The third-order valence-corrected chi connectivity index (χ3v) is 5.84. The zero-order valence-corrected chi connectivity index (χ0v) is 18.8. The Morgan fingerprint density at radius 3 is 2.53 bits per heavy atom. The van der Waals surface area contributed by atoms with Crippen molar-refractivity contribution in [2.75, 3.05) is 27.4 Å². The Kier molecular flexibility index (Phi) is 6.15. The van der Waals surface area contributed by atoms with E-state index < -0.39 is 17.6 Å². The predicted molar refractivity (Wildman–Crippen MR) is 118 cm³/mol. The van der Waals surface area contributed by atoms with Crippen LogP contribution in [0, 0.1) is 5.92 Å². The maximum atomic E-state index is 13.1. The van der Waals surface area contributed by atoms with Gasteiger partial charge in [-0.2, -0.15) is 0 Å². The lowest BCUT2D eigenvalue weighted by Crippen LogP contribution is -2.32. The Morgan fingerprint density at radius 1 is 1.19 bits per heavy atom. The summed E-state index contributed by atoms with van der Waals surface area (Å²) < 4.78 is 24.6. The van der Waals surface area contributed by atoms with Crippen molar-refractivity contribution in [3.63, 3.8) is 0 Å². The summed E-state index contributed by atoms with van der Waals surface area (Å²) in [4.78, 5) is 25.0. The van der Waals surface area contributed by atoms with E-state index in [0.29, 0.717) is 47.3 Å². The maximum Gasteiger partial charge on any atom is 0.341 e. The molecule has 4 rings (SSSR count). The number of carbonyl (C=O) groups is 1. The van der Waals surface area contributed by atoms with Crippen molar-refractivity contribution in [2.24, 2.45) is 5.92 Å². The zero-order valence-electron chi connectivity index (χ0n) is 18.8. The molecule has 1 aromatic heterocycles. The molecule has 1 atom stereocenters. The van der Waals surface area contributed by atoms with Crippen LogP contribution >= 0.6 is 0 Å². The summed E-state index contributed by atoms with van der Waals surface area (Å²) in [7, 11) is 3.21. The highest BCUT2D eigenvalue weighted by Crippen LogP contribution is 2.51. The summed E-state index contributed by atoms with van der Waals surface area (Å²) in [6, 6.07) is 5.08. The number of carboxylic acids is 1. The Labute approximate surface area is 186 Å². The van der Waals surface area contributed by atoms with Crippen LogP contribution in [0.2, 0.25) is 0 Å². The topological polar surface area (TPSA) is 96.2 Å². The predicted octanol–water partition coefficient (Wildman–Crippen LogP) is 4.06. The lowest BCUT2D eigenvalue weighted by Gasteiger charge is -2.33. The molecular formula is C24H29NO7. The minimum absolute atomic E-state index is 0.00900. The molecule has 8 heteroatoms. The summed E-state index contributed by atoms with van der Waals surface area (Å²) in [5.74, 6) is 0.502. The van der Waals surface area contributed by atoms with E-state index in [1.165, 1.54) is 6.07 Å². The van der Waals surface area contributed by atoms with Gasteiger partial charge in [0, 0.05) is 43.4 Å². The third kappa shape index (κ3) is 3.95. The second kappa shape index (κ2) is 8.86. The lowest BCUT2D eigenvalue weighted by atomic mass is 9.89. The molecule has 1 saturated carbocycles. The van der Waals surface area contributed by atoms with E-state index in [1.807, 2.05) is 19.9 Å². The van der Waals surface area contributed by atoms with Crippen molar-refractivity contribution in [3.05, 3.63) is 39.7 Å². The summed E-state index contributed by atoms with van der Waals surface area (Å²) in [5, 5.41) is 9.65. The van der Waals surface area contributed by atoms with E-state index in [1.54, 1.807) is 24.9 Å². The van der Waals surface area contributed by atoms with E-state index >= 15 is 0 Å². The van der Waals surface area contributed by atoms with Gasteiger partial charge in [0.2, 0.25) is 0 Å². The SMILES string of the molecule is COCCCOc1cc2c(cc1OC)-c1c(cc(C(=O)O)c(=O)n1C1CC1)C(C(C)C)O2. The molecule has 0 saturated heterocycles. The number of aromatic nitrogens is 1. The normalized spacial score (nSPS) is 16.8. The monoisotopic (exact) mass is 443 g/mol. The highest BCUT2D eigenvalue weighted by Gasteiger charge is 2.38. The van der Waals surface area contributed by atoms with Crippen molar-refractivity contribution >= 4 is 5.97 Å². The van der Waals surface area contributed by atoms with E-state index in [-0.39, 0.29) is 17.5 Å². The molecule has 1 aliphatic carbocycles. The molecule has 0 bridgehead atoms. The largest absolute Gasteiger partial charge is 0.493 e. The van der Waals surface area contributed by atoms with E-state index in [9.17, 15) is 14.7 Å². The van der Waals surface area contributed by atoms with Gasteiger partial charge in [0.15, 0.2) is 11.5 Å². The molecule has 0 radical (unpaired) electrons. The van der Waals surface area contributed by atoms with Crippen LogP contribution in [0.15, 0.2) is 23.0 Å². The van der Waals surface area contributed by atoms with Crippen LogP contribution in [0.3, 0.4) is 0 Å². The number of fused-ring (bicyclic) bond motifs is 3. The fraction of sp³-hybridized carbons (Fsp3) is 0.500. The minimum Gasteiger partial charge on any atom is -0.493 e. The van der Waals surface area contributed by atoms with E-state index in [2.05, 4.69) is 0 Å². The molecule has 1 aliphatic heterocycles. The minimum atomic E-state index is -1.22. The summed E-state index contributed by atoms with van der Waals surface area (Å²) >= 11 is 0. The standard InChI is InChI=1S/C24H29NO7/c1-13(2)22-16-10-17(24(27)28)23(26)25(14-6-7-14)21(16)15-11-19(30-4)20(12-18(15)32-22)31-9-5-8-29-3/h10-14,22H,5-9H2,1-4H3,(H,27,28). The van der Waals surface area contributed by atoms with Crippen LogP contribution in [0.1, 0.15) is 61.2 Å². The number of nitrogens with zero attached hydrogens (tertiary/aromatic N) is 1. The molecule has 2 aliphatic rings. The average Bonchev–Trinajstić information content (AvgIpc) is 3.59. The first-order chi connectivity index (χ1) is 15.4. The molecule has 1 unspecified atom stereocenters. The van der Waals surface area contributed by atoms with Gasteiger partial charge >= 0.3 is 5.97 Å². The van der Waals surface area contributed by atoms with Gasteiger partial charge in [-0.15, -0.1) is 0 Å². The lowest BCUT2D eigenvalue weighted by molar-refractivity contribution is 0.0693. The van der Waals surface area contributed by atoms with Crippen molar-refractivity contribution in [3.8, 4) is 28.5 Å². The average molecular weight is 443 g/mol. The molecule has 32 heavy (non-hydrogen) atoms. The second-order valence-corrected chi connectivity index (χ2v) is 8.55. The first-order valence-corrected chi connectivity index (χ1v) is 10.9. The third-order valence-electron chi connectivity index (χ3n) is 5.84. The number of benzene rings is 1. The Bertz CT molecular complexity index is 1080. The molecule has 1 N–H and O–H groups in total.